The molecule has 1 aromatic carbocycles. The maximum atomic E-state index is 8.57. The number of nitriles is 1. The van der Waals surface area contributed by atoms with Crippen molar-refractivity contribution in [3.63, 3.8) is 0 Å². The number of hydrogen-bond donors (Lipinski definition) is 0. The van der Waals surface area contributed by atoms with Crippen LogP contribution in [-0.2, 0) is 0 Å². The highest BCUT2D eigenvalue weighted by Gasteiger charge is 2.04. The van der Waals surface area contributed by atoms with E-state index in [1.807, 2.05) is 43.3 Å². The van der Waals surface area contributed by atoms with E-state index in [4.69, 9.17) is 5.26 Å². The van der Waals surface area contributed by atoms with Gasteiger partial charge in [0.25, 0.3) is 0 Å². The Labute approximate surface area is 85.1 Å². The van der Waals surface area contributed by atoms with Gasteiger partial charge in [0, 0.05) is 24.0 Å². The van der Waals surface area contributed by atoms with Crippen LogP contribution in [0.3, 0.4) is 0 Å². The molecule has 0 saturated heterocycles. The number of rotatable bonds is 3. The summed E-state index contributed by atoms with van der Waals surface area (Å²) >= 11 is 0. The number of hydrogen-bond acceptors (Lipinski definition) is 2. The van der Waals surface area contributed by atoms with E-state index in [9.17, 15) is 0 Å². The van der Waals surface area contributed by atoms with Crippen molar-refractivity contribution in [2.24, 2.45) is 0 Å². The third-order valence-electron chi connectivity index (χ3n) is 2.08. The summed E-state index contributed by atoms with van der Waals surface area (Å²) in [5.74, 6) is 0. The lowest BCUT2D eigenvalue weighted by Gasteiger charge is -2.22. The van der Waals surface area contributed by atoms with Crippen LogP contribution < -0.4 is 4.90 Å². The third kappa shape index (κ3) is 2.37. The maximum Gasteiger partial charge on any atom is 0.0930 e. The molecule has 2 nitrogen and oxygen atoms in total. The van der Waals surface area contributed by atoms with Crippen LogP contribution in [0.25, 0.3) is 0 Å². The molecule has 2 heteroatoms. The molecule has 0 atom stereocenters. The molecule has 0 saturated carbocycles. The Morgan fingerprint density at radius 1 is 1.43 bits per heavy atom. The van der Waals surface area contributed by atoms with Gasteiger partial charge in [-0.2, -0.15) is 5.26 Å². The molecule has 0 aliphatic carbocycles. The lowest BCUT2D eigenvalue weighted by molar-refractivity contribution is 0.954. The summed E-state index contributed by atoms with van der Waals surface area (Å²) < 4.78 is 0. The van der Waals surface area contributed by atoms with Gasteiger partial charge in [0.15, 0.2) is 0 Å². The van der Waals surface area contributed by atoms with Gasteiger partial charge in [0.1, 0.15) is 0 Å². The van der Waals surface area contributed by atoms with Gasteiger partial charge >= 0.3 is 0 Å². The standard InChI is InChI=1S/C12H14N2/c1-3-14(11(2)9-10-13)12-7-5-4-6-8-12/h4-9H,3H2,1-2H3. The molecule has 0 aliphatic heterocycles. The van der Waals surface area contributed by atoms with Gasteiger partial charge in [-0.3, -0.25) is 0 Å². The summed E-state index contributed by atoms with van der Waals surface area (Å²) in [4.78, 5) is 2.10. The Bertz CT molecular complexity index is 346. The normalized spacial score (nSPS) is 10.8. The number of nitrogens with zero attached hydrogens (tertiary/aromatic N) is 2. The van der Waals surface area contributed by atoms with Crippen LogP contribution in [0.5, 0.6) is 0 Å². The highest BCUT2D eigenvalue weighted by atomic mass is 15.1. The van der Waals surface area contributed by atoms with E-state index >= 15 is 0 Å². The van der Waals surface area contributed by atoms with Crippen molar-refractivity contribution in [3.05, 3.63) is 42.1 Å². The molecular formula is C12H14N2. The number of benzene rings is 1. The Kier molecular flexibility index (Phi) is 3.75. The zero-order chi connectivity index (χ0) is 10.4. The fourth-order valence-corrected chi connectivity index (χ4v) is 1.41. The van der Waals surface area contributed by atoms with Crippen molar-refractivity contribution >= 4 is 5.69 Å². The van der Waals surface area contributed by atoms with Gasteiger partial charge in [-0.25, -0.2) is 0 Å². The van der Waals surface area contributed by atoms with E-state index in [0.29, 0.717) is 0 Å². The molecule has 0 spiro atoms. The molecule has 0 aliphatic rings. The molecule has 0 unspecified atom stereocenters. The Morgan fingerprint density at radius 3 is 2.57 bits per heavy atom. The van der Waals surface area contributed by atoms with Crippen LogP contribution >= 0.6 is 0 Å². The molecule has 0 heterocycles. The minimum absolute atomic E-state index is 0.869. The molecule has 1 rings (SSSR count). The van der Waals surface area contributed by atoms with E-state index in [-0.39, 0.29) is 0 Å². The predicted molar refractivity (Wildman–Crippen MR) is 58.8 cm³/mol. The third-order valence-corrected chi connectivity index (χ3v) is 2.08. The Balaban J connectivity index is 2.95. The van der Waals surface area contributed by atoms with E-state index in [0.717, 1.165) is 17.9 Å². The van der Waals surface area contributed by atoms with Crippen LogP contribution in [0.4, 0.5) is 5.69 Å². The number of anilines is 1. The first-order valence-electron chi connectivity index (χ1n) is 4.68. The molecule has 72 valence electrons. The molecule has 0 N–H and O–H groups in total. The molecule has 0 bridgehead atoms. The lowest BCUT2D eigenvalue weighted by atomic mass is 10.2. The van der Waals surface area contributed by atoms with Gasteiger partial charge in [0.2, 0.25) is 0 Å². The summed E-state index contributed by atoms with van der Waals surface area (Å²) in [5.41, 5.74) is 2.10. The van der Waals surface area contributed by atoms with E-state index in [1.165, 1.54) is 0 Å². The number of para-hydroxylation sites is 1. The summed E-state index contributed by atoms with van der Waals surface area (Å²) in [5, 5.41) is 8.57. The Morgan fingerprint density at radius 2 is 2.07 bits per heavy atom. The summed E-state index contributed by atoms with van der Waals surface area (Å²) in [6.07, 6.45) is 1.57. The maximum absolute atomic E-state index is 8.57. The largest absolute Gasteiger partial charge is 0.345 e. The van der Waals surface area contributed by atoms with Gasteiger partial charge in [-0.15, -0.1) is 0 Å². The topological polar surface area (TPSA) is 27.0 Å². The number of allylic oxidation sites excluding steroid dienone is 2. The summed E-state index contributed by atoms with van der Waals surface area (Å²) in [7, 11) is 0. The van der Waals surface area contributed by atoms with Crippen molar-refractivity contribution in [2.45, 2.75) is 13.8 Å². The van der Waals surface area contributed by atoms with Gasteiger partial charge in [-0.1, -0.05) is 18.2 Å². The van der Waals surface area contributed by atoms with Crippen LogP contribution in [0, 0.1) is 11.3 Å². The monoisotopic (exact) mass is 186 g/mol. The van der Waals surface area contributed by atoms with Crippen LogP contribution in [0.1, 0.15) is 13.8 Å². The van der Waals surface area contributed by atoms with Crippen molar-refractivity contribution in [1.82, 2.24) is 0 Å². The van der Waals surface area contributed by atoms with Crippen LogP contribution in [0.2, 0.25) is 0 Å². The molecule has 1 aromatic rings. The van der Waals surface area contributed by atoms with Crippen molar-refractivity contribution in [3.8, 4) is 6.07 Å². The van der Waals surface area contributed by atoms with Gasteiger partial charge in [-0.05, 0) is 26.0 Å². The minimum Gasteiger partial charge on any atom is -0.345 e. The minimum atomic E-state index is 0.869. The second-order valence-corrected chi connectivity index (χ2v) is 2.99. The fraction of sp³-hybridized carbons (Fsp3) is 0.250. The SMILES string of the molecule is CCN(C(C)=CC#N)c1ccccc1. The van der Waals surface area contributed by atoms with Crippen molar-refractivity contribution < 1.29 is 0 Å². The molecular weight excluding hydrogens is 172 g/mol. The first-order valence-corrected chi connectivity index (χ1v) is 4.68. The second-order valence-electron chi connectivity index (χ2n) is 2.99. The highest BCUT2D eigenvalue weighted by molar-refractivity contribution is 5.51. The van der Waals surface area contributed by atoms with E-state index in [2.05, 4.69) is 11.8 Å². The quantitative estimate of drug-likeness (QED) is 0.678. The lowest BCUT2D eigenvalue weighted by Crippen LogP contribution is -2.19. The van der Waals surface area contributed by atoms with E-state index in [1.54, 1.807) is 6.08 Å². The smallest absolute Gasteiger partial charge is 0.0930 e. The Hall–Kier alpha value is -1.75. The van der Waals surface area contributed by atoms with Crippen molar-refractivity contribution in [1.29, 1.82) is 5.26 Å². The first-order chi connectivity index (χ1) is 6.79. The van der Waals surface area contributed by atoms with Crippen LogP contribution in [0.15, 0.2) is 42.1 Å². The molecule has 0 radical (unpaired) electrons. The van der Waals surface area contributed by atoms with Crippen LogP contribution in [-0.4, -0.2) is 6.54 Å². The molecule has 0 amide bonds. The zero-order valence-electron chi connectivity index (χ0n) is 8.57. The predicted octanol–water partition coefficient (Wildman–Crippen LogP) is 2.94. The fourth-order valence-electron chi connectivity index (χ4n) is 1.41. The van der Waals surface area contributed by atoms with Gasteiger partial charge in [0.05, 0.1) is 6.07 Å². The first kappa shape index (κ1) is 10.3. The summed E-state index contributed by atoms with van der Waals surface area (Å²) in [6, 6.07) is 12.1. The second kappa shape index (κ2) is 5.08. The molecule has 14 heavy (non-hydrogen) atoms. The average molecular weight is 186 g/mol. The zero-order valence-corrected chi connectivity index (χ0v) is 8.57. The van der Waals surface area contributed by atoms with Crippen molar-refractivity contribution in [2.75, 3.05) is 11.4 Å². The molecule has 0 fully saturated rings. The average Bonchev–Trinajstić information content (AvgIpc) is 2.21. The summed E-state index contributed by atoms with van der Waals surface area (Å²) in [6.45, 7) is 4.88. The van der Waals surface area contributed by atoms with Gasteiger partial charge < -0.3 is 4.90 Å². The molecule has 0 aromatic heterocycles. The van der Waals surface area contributed by atoms with E-state index < -0.39 is 0 Å². The highest BCUT2D eigenvalue weighted by Crippen LogP contribution is 2.17.